The molecule has 2 rings (SSSR count). The molecular weight excluding hydrogens is 309 g/mol. The van der Waals surface area contributed by atoms with Gasteiger partial charge in [0.25, 0.3) is 0 Å². The van der Waals surface area contributed by atoms with Crippen molar-refractivity contribution in [2.45, 2.75) is 11.3 Å². The Bertz CT molecular complexity index is 607. The third-order valence-corrected chi connectivity index (χ3v) is 5.40. The van der Waals surface area contributed by atoms with Crippen molar-refractivity contribution in [2.24, 2.45) is 11.7 Å². The van der Waals surface area contributed by atoms with Crippen LogP contribution in [-0.2, 0) is 14.6 Å². The monoisotopic (exact) mass is 329 g/mol. The van der Waals surface area contributed by atoms with E-state index in [0.29, 0.717) is 30.9 Å². The fourth-order valence-corrected chi connectivity index (χ4v) is 3.80. The van der Waals surface area contributed by atoms with Crippen LogP contribution < -0.4 is 10.5 Å². The van der Waals surface area contributed by atoms with Gasteiger partial charge >= 0.3 is 0 Å². The van der Waals surface area contributed by atoms with Gasteiger partial charge in [-0.2, -0.15) is 0 Å². The summed E-state index contributed by atoms with van der Waals surface area (Å²) in [6.07, 6.45) is 1.19. The molecule has 0 saturated carbocycles. The van der Waals surface area contributed by atoms with E-state index >= 15 is 0 Å². The highest BCUT2D eigenvalue weighted by atomic mass is 32.2. The minimum absolute atomic E-state index is 0.0402. The van der Waals surface area contributed by atoms with E-state index in [1.165, 1.54) is 12.1 Å². The first kappa shape index (κ1) is 16.9. The van der Waals surface area contributed by atoms with E-state index < -0.39 is 9.84 Å². The number of halogens is 1. The van der Waals surface area contributed by atoms with Crippen LogP contribution in [-0.4, -0.2) is 40.5 Å². The fourth-order valence-electron chi connectivity index (χ4n) is 2.18. The summed E-state index contributed by atoms with van der Waals surface area (Å²) in [5.74, 6) is 0.619. The maximum atomic E-state index is 12.4. The summed E-state index contributed by atoms with van der Waals surface area (Å²) >= 11 is 0. The summed E-state index contributed by atoms with van der Waals surface area (Å²) in [5.41, 5.74) is 5.66. The molecule has 0 radical (unpaired) electrons. The number of sulfone groups is 1. The van der Waals surface area contributed by atoms with Gasteiger partial charge in [-0.1, -0.05) is 0 Å². The van der Waals surface area contributed by atoms with Crippen LogP contribution in [0, 0.1) is 5.92 Å². The van der Waals surface area contributed by atoms with Crippen molar-refractivity contribution in [1.29, 1.82) is 0 Å². The van der Waals surface area contributed by atoms with Crippen molar-refractivity contribution >= 4 is 9.84 Å². The van der Waals surface area contributed by atoms with Gasteiger partial charge in [0.2, 0.25) is 0 Å². The molecule has 122 valence electrons. The quantitative estimate of drug-likeness (QED) is 0.823. The summed E-state index contributed by atoms with van der Waals surface area (Å²) in [7, 11) is -3.33. The lowest BCUT2D eigenvalue weighted by atomic mass is 10.2. The van der Waals surface area contributed by atoms with E-state index in [1.54, 1.807) is 12.1 Å². The summed E-state index contributed by atoms with van der Waals surface area (Å²) in [4.78, 5) is 0.256. The molecule has 1 unspecified atom stereocenters. The van der Waals surface area contributed by atoms with Crippen LogP contribution in [0.1, 0.15) is 6.42 Å². The zero-order chi connectivity index (χ0) is 16.0. The average Bonchev–Trinajstić information content (AvgIpc) is 3.01. The molecule has 1 atom stereocenters. The van der Waals surface area contributed by atoms with E-state index in [-0.39, 0.29) is 29.7 Å². The van der Waals surface area contributed by atoms with E-state index in [2.05, 4.69) is 0 Å². The van der Waals surface area contributed by atoms with Gasteiger partial charge in [-0.05, 0) is 36.6 Å². The lowest BCUT2D eigenvalue weighted by Gasteiger charge is -2.10. The second kappa shape index (κ2) is 7.71. The van der Waals surface area contributed by atoms with Crippen molar-refractivity contribution < 1.29 is 22.3 Å². The molecule has 1 fully saturated rings. The Balaban J connectivity index is 1.98. The Kier molecular flexibility index (Phi) is 5.93. The first-order valence-corrected chi connectivity index (χ1v) is 8.72. The maximum Gasteiger partial charge on any atom is 0.178 e. The van der Waals surface area contributed by atoms with Crippen LogP contribution in [0.15, 0.2) is 41.1 Å². The third-order valence-electron chi connectivity index (χ3n) is 3.50. The van der Waals surface area contributed by atoms with Crippen molar-refractivity contribution in [3.05, 3.63) is 36.2 Å². The van der Waals surface area contributed by atoms with Crippen LogP contribution in [0.5, 0.6) is 5.75 Å². The second-order valence-electron chi connectivity index (χ2n) is 5.24. The number of hydrogen-bond donors (Lipinski definition) is 1. The van der Waals surface area contributed by atoms with Gasteiger partial charge in [-0.15, -0.1) is 0 Å². The number of benzene rings is 1. The van der Waals surface area contributed by atoms with Gasteiger partial charge in [0.05, 0.1) is 23.6 Å². The zero-order valence-electron chi connectivity index (χ0n) is 12.2. The molecule has 0 amide bonds. The van der Waals surface area contributed by atoms with Crippen molar-refractivity contribution in [1.82, 2.24) is 0 Å². The molecule has 0 spiro atoms. The summed E-state index contributed by atoms with van der Waals surface area (Å²) in [6.45, 7) is 1.24. The minimum Gasteiger partial charge on any atom is -0.489 e. The van der Waals surface area contributed by atoms with Gasteiger partial charge in [-0.3, -0.25) is 0 Å². The molecule has 0 aromatic heterocycles. The molecule has 5 nitrogen and oxygen atoms in total. The van der Waals surface area contributed by atoms with Crippen LogP contribution in [0.2, 0.25) is 0 Å². The lowest BCUT2D eigenvalue weighted by molar-refractivity contribution is 0.188. The smallest absolute Gasteiger partial charge is 0.178 e. The molecule has 0 aliphatic carbocycles. The molecule has 1 heterocycles. The Labute approximate surface area is 129 Å². The fraction of sp³-hybridized carbons (Fsp3) is 0.467. The maximum absolute atomic E-state index is 12.4. The molecule has 22 heavy (non-hydrogen) atoms. The van der Waals surface area contributed by atoms with Crippen LogP contribution in [0.25, 0.3) is 0 Å². The Hall–Kier alpha value is -1.44. The van der Waals surface area contributed by atoms with Crippen molar-refractivity contribution in [3.8, 4) is 5.75 Å². The predicted molar refractivity (Wildman–Crippen MR) is 81.2 cm³/mol. The van der Waals surface area contributed by atoms with Gasteiger partial charge in [0.15, 0.2) is 9.84 Å². The number of rotatable bonds is 7. The summed E-state index contributed by atoms with van der Waals surface area (Å²) in [6, 6.07) is 6.12. The minimum atomic E-state index is -3.33. The van der Waals surface area contributed by atoms with Gasteiger partial charge in [0.1, 0.15) is 12.4 Å². The van der Waals surface area contributed by atoms with E-state index in [9.17, 15) is 12.8 Å². The van der Waals surface area contributed by atoms with Gasteiger partial charge in [0, 0.05) is 18.7 Å². The highest BCUT2D eigenvalue weighted by molar-refractivity contribution is 7.91. The molecular formula is C15H20FNO4S. The van der Waals surface area contributed by atoms with Crippen LogP contribution in [0.3, 0.4) is 0 Å². The average molecular weight is 329 g/mol. The lowest BCUT2D eigenvalue weighted by Crippen LogP contribution is -2.16. The van der Waals surface area contributed by atoms with E-state index in [1.807, 2.05) is 0 Å². The largest absolute Gasteiger partial charge is 0.489 e. The summed E-state index contributed by atoms with van der Waals surface area (Å²) < 4.78 is 47.5. The molecule has 0 bridgehead atoms. The first-order chi connectivity index (χ1) is 10.5. The standard InChI is InChI=1S/C15H20FNO4S/c16-7-13(8-17)10-21-14-1-3-15(4-2-14)22(18,19)11-12-5-6-20-9-12/h1-4,7,12H,5-6,8-11,17H2/b13-7+. The Morgan fingerprint density at radius 1 is 1.41 bits per heavy atom. The molecule has 7 heteroatoms. The van der Waals surface area contributed by atoms with Crippen LogP contribution >= 0.6 is 0 Å². The highest BCUT2D eigenvalue weighted by Crippen LogP contribution is 2.22. The SMILES string of the molecule is NC/C(=C\F)COc1ccc(S(=O)(=O)CC2CCOC2)cc1. The molecule has 1 aromatic rings. The van der Waals surface area contributed by atoms with Gasteiger partial charge < -0.3 is 15.2 Å². The van der Waals surface area contributed by atoms with Crippen molar-refractivity contribution in [2.75, 3.05) is 32.1 Å². The highest BCUT2D eigenvalue weighted by Gasteiger charge is 2.24. The zero-order valence-corrected chi connectivity index (χ0v) is 13.0. The third kappa shape index (κ3) is 4.53. The number of ether oxygens (including phenoxy) is 2. The van der Waals surface area contributed by atoms with Gasteiger partial charge in [-0.25, -0.2) is 12.8 Å². The van der Waals surface area contributed by atoms with Crippen molar-refractivity contribution in [3.63, 3.8) is 0 Å². The van der Waals surface area contributed by atoms with E-state index in [0.717, 1.165) is 6.42 Å². The van der Waals surface area contributed by atoms with Crippen LogP contribution in [0.4, 0.5) is 4.39 Å². The molecule has 1 aliphatic rings. The normalized spacial score (nSPS) is 19.4. The second-order valence-corrected chi connectivity index (χ2v) is 7.28. The Morgan fingerprint density at radius 2 is 2.14 bits per heavy atom. The summed E-state index contributed by atoms with van der Waals surface area (Å²) in [5, 5.41) is 0. The number of hydrogen-bond acceptors (Lipinski definition) is 5. The first-order valence-electron chi connectivity index (χ1n) is 7.06. The molecule has 1 aliphatic heterocycles. The van der Waals surface area contributed by atoms with E-state index in [4.69, 9.17) is 15.2 Å². The molecule has 1 saturated heterocycles. The Morgan fingerprint density at radius 3 is 2.68 bits per heavy atom. The molecule has 1 aromatic carbocycles. The molecule has 2 N–H and O–H groups in total. The predicted octanol–water partition coefficient (Wildman–Crippen LogP) is 1.69. The number of nitrogens with two attached hydrogens (primary N) is 1. The topological polar surface area (TPSA) is 78.6 Å².